The SMILES string of the molecule is O=C1c2ccccc2C[C@H]1CN1CCOCC1. The zero-order chi connectivity index (χ0) is 11.7. The molecule has 0 spiro atoms. The van der Waals surface area contributed by atoms with Crippen molar-refractivity contribution in [3.8, 4) is 0 Å². The minimum absolute atomic E-state index is 0.158. The fourth-order valence-corrected chi connectivity index (χ4v) is 2.76. The monoisotopic (exact) mass is 231 g/mol. The number of carbonyl (C=O) groups excluding carboxylic acids is 1. The number of hydrogen-bond acceptors (Lipinski definition) is 3. The van der Waals surface area contributed by atoms with E-state index in [4.69, 9.17) is 4.74 Å². The van der Waals surface area contributed by atoms with Crippen LogP contribution >= 0.6 is 0 Å². The minimum atomic E-state index is 0.158. The van der Waals surface area contributed by atoms with E-state index >= 15 is 0 Å². The standard InChI is InChI=1S/C14H17NO2/c16-14-12(10-15-5-7-17-8-6-15)9-11-3-1-2-4-13(11)14/h1-4,12H,5-10H2/t12-/m0/s1. The maximum Gasteiger partial charge on any atom is 0.167 e. The third kappa shape index (κ3) is 2.13. The molecule has 0 amide bonds. The normalized spacial score (nSPS) is 24.9. The summed E-state index contributed by atoms with van der Waals surface area (Å²) in [7, 11) is 0. The van der Waals surface area contributed by atoms with Gasteiger partial charge in [-0.15, -0.1) is 0 Å². The van der Waals surface area contributed by atoms with Crippen molar-refractivity contribution in [2.45, 2.75) is 6.42 Å². The van der Waals surface area contributed by atoms with Crippen LogP contribution in [0.15, 0.2) is 24.3 Å². The Morgan fingerprint density at radius 2 is 2.00 bits per heavy atom. The summed E-state index contributed by atoms with van der Waals surface area (Å²) in [6.07, 6.45) is 0.909. The average Bonchev–Trinajstić information content (AvgIpc) is 2.68. The molecule has 1 aromatic carbocycles. The molecule has 1 aliphatic heterocycles. The van der Waals surface area contributed by atoms with Crippen LogP contribution in [0, 0.1) is 5.92 Å². The second-order valence-corrected chi connectivity index (χ2v) is 4.84. The number of fused-ring (bicyclic) bond motifs is 1. The number of hydrogen-bond donors (Lipinski definition) is 0. The number of Topliss-reactive ketones (excluding diaryl/α,β-unsaturated/α-hetero) is 1. The lowest BCUT2D eigenvalue weighted by Gasteiger charge is -2.28. The Bertz CT molecular complexity index is 424. The molecule has 1 heterocycles. The Kier molecular flexibility index (Phi) is 2.95. The van der Waals surface area contributed by atoms with Gasteiger partial charge in [0, 0.05) is 31.1 Å². The van der Waals surface area contributed by atoms with E-state index < -0.39 is 0 Å². The van der Waals surface area contributed by atoms with Gasteiger partial charge < -0.3 is 4.74 Å². The highest BCUT2D eigenvalue weighted by atomic mass is 16.5. The van der Waals surface area contributed by atoms with Crippen LogP contribution in [0.2, 0.25) is 0 Å². The first-order valence-corrected chi connectivity index (χ1v) is 6.27. The largest absolute Gasteiger partial charge is 0.379 e. The van der Waals surface area contributed by atoms with Gasteiger partial charge in [0.2, 0.25) is 0 Å². The molecule has 3 nitrogen and oxygen atoms in total. The van der Waals surface area contributed by atoms with Crippen molar-refractivity contribution in [2.24, 2.45) is 5.92 Å². The van der Waals surface area contributed by atoms with Crippen LogP contribution in [0.1, 0.15) is 15.9 Å². The molecule has 3 rings (SSSR count). The van der Waals surface area contributed by atoms with E-state index in [1.165, 1.54) is 5.56 Å². The number of rotatable bonds is 2. The Balaban J connectivity index is 1.69. The molecule has 1 saturated heterocycles. The zero-order valence-corrected chi connectivity index (χ0v) is 9.89. The van der Waals surface area contributed by atoms with Crippen molar-refractivity contribution in [3.05, 3.63) is 35.4 Å². The van der Waals surface area contributed by atoms with E-state index in [9.17, 15) is 4.79 Å². The van der Waals surface area contributed by atoms with E-state index in [2.05, 4.69) is 11.0 Å². The quantitative estimate of drug-likeness (QED) is 0.770. The summed E-state index contributed by atoms with van der Waals surface area (Å²) in [5.74, 6) is 0.484. The van der Waals surface area contributed by atoms with Gasteiger partial charge in [0.1, 0.15) is 0 Å². The fraction of sp³-hybridized carbons (Fsp3) is 0.500. The Labute approximate surface area is 101 Å². The number of benzene rings is 1. The smallest absolute Gasteiger partial charge is 0.167 e. The second-order valence-electron chi connectivity index (χ2n) is 4.84. The van der Waals surface area contributed by atoms with E-state index in [-0.39, 0.29) is 5.92 Å². The van der Waals surface area contributed by atoms with Crippen LogP contribution in [0.5, 0.6) is 0 Å². The zero-order valence-electron chi connectivity index (χ0n) is 9.89. The third-order valence-corrected chi connectivity index (χ3v) is 3.70. The van der Waals surface area contributed by atoms with Gasteiger partial charge >= 0.3 is 0 Å². The molecule has 1 aromatic rings. The van der Waals surface area contributed by atoms with Gasteiger partial charge in [-0.05, 0) is 12.0 Å². The summed E-state index contributed by atoms with van der Waals surface area (Å²) in [6, 6.07) is 8.00. The number of morpholine rings is 1. The molecule has 0 unspecified atom stereocenters. The molecule has 0 radical (unpaired) electrons. The van der Waals surface area contributed by atoms with E-state index in [0.29, 0.717) is 5.78 Å². The summed E-state index contributed by atoms with van der Waals surface area (Å²) < 4.78 is 5.33. The average molecular weight is 231 g/mol. The Morgan fingerprint density at radius 1 is 1.24 bits per heavy atom. The number of ether oxygens (including phenoxy) is 1. The van der Waals surface area contributed by atoms with Crippen molar-refractivity contribution in [3.63, 3.8) is 0 Å². The number of nitrogens with zero attached hydrogens (tertiary/aromatic N) is 1. The predicted octanol–water partition coefficient (Wildman–Crippen LogP) is 1.37. The van der Waals surface area contributed by atoms with Gasteiger partial charge in [-0.3, -0.25) is 9.69 Å². The van der Waals surface area contributed by atoms with E-state index in [1.54, 1.807) is 0 Å². The Morgan fingerprint density at radius 3 is 2.76 bits per heavy atom. The molecular formula is C14H17NO2. The van der Waals surface area contributed by atoms with Gasteiger partial charge in [0.25, 0.3) is 0 Å². The van der Waals surface area contributed by atoms with E-state index in [0.717, 1.165) is 44.8 Å². The number of carbonyl (C=O) groups is 1. The molecule has 1 atom stereocenters. The summed E-state index contributed by atoms with van der Waals surface area (Å²) >= 11 is 0. The molecule has 3 heteroatoms. The molecule has 0 saturated carbocycles. The van der Waals surface area contributed by atoms with Crippen molar-refractivity contribution >= 4 is 5.78 Å². The second kappa shape index (κ2) is 4.59. The van der Waals surface area contributed by atoms with Crippen molar-refractivity contribution < 1.29 is 9.53 Å². The van der Waals surface area contributed by atoms with Gasteiger partial charge in [0.15, 0.2) is 5.78 Å². The molecule has 0 N–H and O–H groups in total. The van der Waals surface area contributed by atoms with Crippen LogP contribution in [-0.2, 0) is 11.2 Å². The molecule has 17 heavy (non-hydrogen) atoms. The van der Waals surface area contributed by atoms with Crippen molar-refractivity contribution in [1.82, 2.24) is 4.90 Å². The van der Waals surface area contributed by atoms with Crippen LogP contribution < -0.4 is 0 Å². The highest BCUT2D eigenvalue weighted by molar-refractivity contribution is 6.02. The van der Waals surface area contributed by atoms with E-state index in [1.807, 2.05) is 18.2 Å². The van der Waals surface area contributed by atoms with Crippen LogP contribution in [0.3, 0.4) is 0 Å². The third-order valence-electron chi connectivity index (χ3n) is 3.70. The van der Waals surface area contributed by atoms with Gasteiger partial charge in [-0.25, -0.2) is 0 Å². The van der Waals surface area contributed by atoms with Crippen molar-refractivity contribution in [2.75, 3.05) is 32.8 Å². The van der Waals surface area contributed by atoms with Crippen LogP contribution in [0.25, 0.3) is 0 Å². The molecule has 0 bridgehead atoms. The van der Waals surface area contributed by atoms with Crippen molar-refractivity contribution in [1.29, 1.82) is 0 Å². The summed E-state index contributed by atoms with van der Waals surface area (Å²) in [4.78, 5) is 14.6. The predicted molar refractivity (Wildman–Crippen MR) is 65.2 cm³/mol. The fourth-order valence-electron chi connectivity index (χ4n) is 2.76. The Hall–Kier alpha value is -1.19. The molecule has 0 aromatic heterocycles. The highest BCUT2D eigenvalue weighted by Gasteiger charge is 2.31. The molecular weight excluding hydrogens is 214 g/mol. The highest BCUT2D eigenvalue weighted by Crippen LogP contribution is 2.27. The van der Waals surface area contributed by atoms with Gasteiger partial charge in [-0.1, -0.05) is 24.3 Å². The maximum atomic E-state index is 12.2. The lowest BCUT2D eigenvalue weighted by molar-refractivity contribution is 0.0308. The summed E-state index contributed by atoms with van der Waals surface area (Å²) in [6.45, 7) is 4.40. The number of ketones is 1. The molecule has 1 fully saturated rings. The first-order chi connectivity index (χ1) is 8.34. The topological polar surface area (TPSA) is 29.5 Å². The first kappa shape index (κ1) is 10.9. The van der Waals surface area contributed by atoms with Gasteiger partial charge in [-0.2, -0.15) is 0 Å². The van der Waals surface area contributed by atoms with Crippen LogP contribution in [-0.4, -0.2) is 43.5 Å². The van der Waals surface area contributed by atoms with Gasteiger partial charge in [0.05, 0.1) is 13.2 Å². The molecule has 1 aliphatic carbocycles. The lowest BCUT2D eigenvalue weighted by atomic mass is 10.0. The minimum Gasteiger partial charge on any atom is -0.379 e. The maximum absolute atomic E-state index is 12.2. The molecule has 90 valence electrons. The molecule has 2 aliphatic rings. The van der Waals surface area contributed by atoms with Crippen LogP contribution in [0.4, 0.5) is 0 Å². The lowest BCUT2D eigenvalue weighted by Crippen LogP contribution is -2.40. The summed E-state index contributed by atoms with van der Waals surface area (Å²) in [5.41, 5.74) is 2.15. The summed E-state index contributed by atoms with van der Waals surface area (Å²) in [5, 5.41) is 0. The first-order valence-electron chi connectivity index (χ1n) is 6.27.